The van der Waals surface area contributed by atoms with Gasteiger partial charge >= 0.3 is 0 Å². The Morgan fingerprint density at radius 3 is 2.81 bits per heavy atom. The minimum atomic E-state index is 0.799. The molecule has 1 fully saturated rings. The monoisotopic (exact) mass is 285 g/mol. The lowest BCUT2D eigenvalue weighted by Gasteiger charge is -2.14. The van der Waals surface area contributed by atoms with Crippen molar-refractivity contribution in [1.82, 2.24) is 24.6 Å². The van der Waals surface area contributed by atoms with Crippen molar-refractivity contribution in [3.8, 4) is 11.4 Å². The van der Waals surface area contributed by atoms with Crippen LogP contribution in [0, 0.1) is 0 Å². The predicted molar refractivity (Wildman–Crippen MR) is 82.7 cm³/mol. The van der Waals surface area contributed by atoms with Crippen molar-refractivity contribution < 1.29 is 0 Å². The van der Waals surface area contributed by atoms with E-state index in [0.29, 0.717) is 0 Å². The minimum Gasteiger partial charge on any atom is -0.296 e. The van der Waals surface area contributed by atoms with E-state index in [1.54, 1.807) is 6.20 Å². The molecular formula is C16H23N5. The molecule has 3 heterocycles. The molecule has 0 amide bonds. The van der Waals surface area contributed by atoms with Gasteiger partial charge in [-0.15, -0.1) is 0 Å². The predicted octanol–water partition coefficient (Wildman–Crippen LogP) is 2.74. The molecule has 0 radical (unpaired) electrons. The Kier molecular flexibility index (Phi) is 4.60. The van der Waals surface area contributed by atoms with Gasteiger partial charge in [-0.1, -0.05) is 13.3 Å². The average molecular weight is 285 g/mol. The number of hydrogen-bond donors (Lipinski definition) is 0. The van der Waals surface area contributed by atoms with Gasteiger partial charge in [-0.2, -0.15) is 5.10 Å². The maximum absolute atomic E-state index is 4.77. The fraction of sp³-hybridized carbons (Fsp3) is 0.562. The van der Waals surface area contributed by atoms with Crippen LogP contribution >= 0.6 is 0 Å². The van der Waals surface area contributed by atoms with Crippen LogP contribution in [0.25, 0.3) is 11.4 Å². The third kappa shape index (κ3) is 3.47. The Balaban J connectivity index is 1.83. The molecule has 0 aliphatic carbocycles. The molecule has 2 aromatic rings. The van der Waals surface area contributed by atoms with Gasteiger partial charge in [0.1, 0.15) is 5.82 Å². The van der Waals surface area contributed by atoms with Gasteiger partial charge in [-0.3, -0.25) is 9.88 Å². The smallest absolute Gasteiger partial charge is 0.182 e. The standard InChI is InChI=1S/C16H23N5/c1-2-3-11-21-15(13-20-9-4-5-10-20)18-16(19-21)14-7-6-8-17-12-14/h6-8,12H,2-5,9-11,13H2,1H3. The van der Waals surface area contributed by atoms with E-state index >= 15 is 0 Å². The van der Waals surface area contributed by atoms with Crippen molar-refractivity contribution in [3.05, 3.63) is 30.4 Å². The van der Waals surface area contributed by atoms with Crippen LogP contribution < -0.4 is 0 Å². The molecular weight excluding hydrogens is 262 g/mol. The summed E-state index contributed by atoms with van der Waals surface area (Å²) in [6.45, 7) is 6.44. The van der Waals surface area contributed by atoms with Crippen molar-refractivity contribution in [2.75, 3.05) is 13.1 Å². The van der Waals surface area contributed by atoms with E-state index in [1.807, 2.05) is 18.3 Å². The maximum atomic E-state index is 4.77. The maximum Gasteiger partial charge on any atom is 0.182 e. The lowest BCUT2D eigenvalue weighted by molar-refractivity contribution is 0.312. The molecule has 0 spiro atoms. The van der Waals surface area contributed by atoms with Gasteiger partial charge in [0.25, 0.3) is 0 Å². The zero-order valence-electron chi connectivity index (χ0n) is 12.7. The number of aromatic nitrogens is 4. The second kappa shape index (κ2) is 6.80. The second-order valence-corrected chi connectivity index (χ2v) is 5.65. The van der Waals surface area contributed by atoms with Gasteiger partial charge in [0.15, 0.2) is 5.82 Å². The molecule has 1 aliphatic rings. The number of nitrogens with zero attached hydrogens (tertiary/aromatic N) is 5. The van der Waals surface area contributed by atoms with Gasteiger partial charge in [-0.25, -0.2) is 9.67 Å². The summed E-state index contributed by atoms with van der Waals surface area (Å²) in [5.41, 5.74) is 0.996. The first-order valence-electron chi connectivity index (χ1n) is 7.93. The topological polar surface area (TPSA) is 46.8 Å². The van der Waals surface area contributed by atoms with Crippen LogP contribution in [0.2, 0.25) is 0 Å². The van der Waals surface area contributed by atoms with Gasteiger partial charge in [0.2, 0.25) is 0 Å². The van der Waals surface area contributed by atoms with Crippen LogP contribution in [-0.4, -0.2) is 37.7 Å². The van der Waals surface area contributed by atoms with Gasteiger partial charge in [0.05, 0.1) is 6.54 Å². The van der Waals surface area contributed by atoms with Crippen LogP contribution in [0.15, 0.2) is 24.5 Å². The van der Waals surface area contributed by atoms with Crippen LogP contribution in [0.3, 0.4) is 0 Å². The molecule has 3 rings (SSSR count). The number of unbranched alkanes of at least 4 members (excludes halogenated alkanes) is 1. The minimum absolute atomic E-state index is 0.799. The summed E-state index contributed by atoms with van der Waals surface area (Å²) >= 11 is 0. The molecule has 0 atom stereocenters. The van der Waals surface area contributed by atoms with E-state index in [4.69, 9.17) is 10.1 Å². The normalized spacial score (nSPS) is 15.7. The third-order valence-electron chi connectivity index (χ3n) is 3.96. The number of rotatable bonds is 6. The second-order valence-electron chi connectivity index (χ2n) is 5.65. The molecule has 0 N–H and O–H groups in total. The molecule has 21 heavy (non-hydrogen) atoms. The molecule has 0 unspecified atom stereocenters. The number of pyridine rings is 1. The van der Waals surface area contributed by atoms with Crippen LogP contribution in [0.5, 0.6) is 0 Å². The summed E-state index contributed by atoms with van der Waals surface area (Å²) in [5, 5.41) is 4.70. The highest BCUT2D eigenvalue weighted by Gasteiger charge is 2.17. The van der Waals surface area contributed by atoms with E-state index in [2.05, 4.69) is 21.5 Å². The molecule has 112 valence electrons. The molecule has 0 aromatic carbocycles. The van der Waals surface area contributed by atoms with Gasteiger partial charge in [-0.05, 0) is 44.5 Å². The summed E-state index contributed by atoms with van der Waals surface area (Å²) in [4.78, 5) is 11.4. The quantitative estimate of drug-likeness (QED) is 0.818. The van der Waals surface area contributed by atoms with E-state index < -0.39 is 0 Å². The first kappa shape index (κ1) is 14.2. The first-order valence-corrected chi connectivity index (χ1v) is 7.93. The average Bonchev–Trinajstić information content (AvgIpc) is 3.17. The van der Waals surface area contributed by atoms with E-state index in [9.17, 15) is 0 Å². The van der Waals surface area contributed by atoms with Crippen molar-refractivity contribution >= 4 is 0 Å². The summed E-state index contributed by atoms with van der Waals surface area (Å²) in [5.74, 6) is 1.89. The molecule has 0 bridgehead atoms. The van der Waals surface area contributed by atoms with Crippen molar-refractivity contribution in [2.45, 2.75) is 45.7 Å². The highest BCUT2D eigenvalue weighted by Crippen LogP contribution is 2.17. The largest absolute Gasteiger partial charge is 0.296 e. The Morgan fingerprint density at radius 2 is 2.10 bits per heavy atom. The lowest BCUT2D eigenvalue weighted by atomic mass is 10.3. The Labute approximate surface area is 126 Å². The molecule has 0 saturated carbocycles. The van der Waals surface area contributed by atoms with Crippen LogP contribution in [0.1, 0.15) is 38.4 Å². The summed E-state index contributed by atoms with van der Waals surface area (Å²) in [7, 11) is 0. The Bertz CT molecular complexity index is 557. The number of likely N-dealkylation sites (tertiary alicyclic amines) is 1. The molecule has 1 saturated heterocycles. The third-order valence-corrected chi connectivity index (χ3v) is 3.96. The Morgan fingerprint density at radius 1 is 1.24 bits per heavy atom. The highest BCUT2D eigenvalue weighted by molar-refractivity contribution is 5.52. The fourth-order valence-corrected chi connectivity index (χ4v) is 2.74. The van der Waals surface area contributed by atoms with Gasteiger partial charge in [0, 0.05) is 24.5 Å². The van der Waals surface area contributed by atoms with E-state index in [1.165, 1.54) is 32.4 Å². The Hall–Kier alpha value is -1.75. The van der Waals surface area contributed by atoms with E-state index in [-0.39, 0.29) is 0 Å². The molecule has 1 aliphatic heterocycles. The summed E-state index contributed by atoms with van der Waals surface area (Å²) < 4.78 is 2.09. The number of hydrogen-bond acceptors (Lipinski definition) is 4. The molecule has 5 nitrogen and oxygen atoms in total. The lowest BCUT2D eigenvalue weighted by Crippen LogP contribution is -2.21. The zero-order valence-corrected chi connectivity index (χ0v) is 12.7. The summed E-state index contributed by atoms with van der Waals surface area (Å²) in [6, 6.07) is 3.95. The highest BCUT2D eigenvalue weighted by atomic mass is 15.4. The fourth-order valence-electron chi connectivity index (χ4n) is 2.74. The molecule has 5 heteroatoms. The van der Waals surface area contributed by atoms with Crippen LogP contribution in [-0.2, 0) is 13.1 Å². The zero-order chi connectivity index (χ0) is 14.5. The summed E-state index contributed by atoms with van der Waals surface area (Å²) in [6.07, 6.45) is 8.53. The van der Waals surface area contributed by atoms with Gasteiger partial charge < -0.3 is 0 Å². The van der Waals surface area contributed by atoms with Crippen molar-refractivity contribution in [3.63, 3.8) is 0 Å². The first-order chi connectivity index (χ1) is 10.4. The SMILES string of the molecule is CCCCn1nc(-c2cccnc2)nc1CN1CCCC1. The van der Waals surface area contributed by atoms with Crippen LogP contribution in [0.4, 0.5) is 0 Å². The van der Waals surface area contributed by atoms with E-state index in [0.717, 1.165) is 36.7 Å². The molecule has 2 aromatic heterocycles. The van der Waals surface area contributed by atoms with Crippen molar-refractivity contribution in [2.24, 2.45) is 0 Å². The van der Waals surface area contributed by atoms with Crippen molar-refractivity contribution in [1.29, 1.82) is 0 Å². The number of aryl methyl sites for hydroxylation is 1.